The van der Waals surface area contributed by atoms with Crippen molar-refractivity contribution in [2.24, 2.45) is 0 Å². The van der Waals surface area contributed by atoms with Gasteiger partial charge in [-0.05, 0) is 26.0 Å². The fourth-order valence-electron chi connectivity index (χ4n) is 3.42. The summed E-state index contributed by atoms with van der Waals surface area (Å²) in [7, 11) is 0. The molecule has 0 saturated heterocycles. The Morgan fingerprint density at radius 3 is 2.08 bits per heavy atom. The summed E-state index contributed by atoms with van der Waals surface area (Å²) >= 11 is 0. The Hall–Kier alpha value is -2.46. The third-order valence-corrected chi connectivity index (χ3v) is 4.43. The van der Waals surface area contributed by atoms with Gasteiger partial charge in [-0.25, -0.2) is 9.59 Å². The number of esters is 2. The Balaban J connectivity index is 2.58. The van der Waals surface area contributed by atoms with Gasteiger partial charge in [-0.15, -0.1) is 0 Å². The lowest BCUT2D eigenvalue weighted by Crippen LogP contribution is -2.70. The van der Waals surface area contributed by atoms with Crippen LogP contribution in [0.25, 0.3) is 0 Å². The number of ether oxygens (including phenoxy) is 2. The Labute approximate surface area is 148 Å². The lowest BCUT2D eigenvalue weighted by atomic mass is 9.65. The van der Waals surface area contributed by atoms with Gasteiger partial charge < -0.3 is 24.1 Å². The van der Waals surface area contributed by atoms with Crippen LogP contribution in [0.15, 0.2) is 22.8 Å². The second-order valence-corrected chi connectivity index (χ2v) is 6.10. The molecule has 0 bridgehead atoms. The molecule has 1 saturated carbocycles. The molecule has 2 rings (SSSR count). The van der Waals surface area contributed by atoms with E-state index in [4.69, 9.17) is 13.9 Å². The van der Waals surface area contributed by atoms with Gasteiger partial charge >= 0.3 is 11.9 Å². The maximum Gasteiger partial charge on any atom is 0.345 e. The number of furan rings is 1. The van der Waals surface area contributed by atoms with Crippen molar-refractivity contribution in [2.45, 2.75) is 49.9 Å². The molecular formula is C16H21NO9. The number of carbonyl (C=O) groups excluding carboxylic acids is 2. The minimum Gasteiger partial charge on any atom is -0.469 e. The summed E-state index contributed by atoms with van der Waals surface area (Å²) in [5, 5.41) is 33.4. The van der Waals surface area contributed by atoms with E-state index in [9.17, 15) is 29.9 Å². The summed E-state index contributed by atoms with van der Waals surface area (Å²) < 4.78 is 14.8. The van der Waals surface area contributed by atoms with Gasteiger partial charge in [0.15, 0.2) is 0 Å². The Kier molecular flexibility index (Phi) is 5.67. The molecule has 10 heteroatoms. The van der Waals surface area contributed by atoms with Crippen molar-refractivity contribution in [1.29, 1.82) is 0 Å². The largest absolute Gasteiger partial charge is 0.469 e. The van der Waals surface area contributed by atoms with E-state index in [1.54, 1.807) is 6.07 Å². The van der Waals surface area contributed by atoms with E-state index in [1.165, 1.54) is 26.2 Å². The number of nitrogens with zero attached hydrogens (tertiary/aromatic N) is 1. The molecule has 0 aromatic carbocycles. The van der Waals surface area contributed by atoms with Crippen molar-refractivity contribution in [1.82, 2.24) is 0 Å². The third kappa shape index (κ3) is 3.29. The molecule has 0 radical (unpaired) electrons. The SMILES string of the molecule is CCOC(=O)[C@]1(O)CC(c2ccco2)C[C@](O)(C(=O)OCC)C1[N+](=O)[O-]. The molecule has 1 heterocycles. The highest BCUT2D eigenvalue weighted by Crippen LogP contribution is 2.46. The van der Waals surface area contributed by atoms with E-state index in [2.05, 4.69) is 0 Å². The zero-order chi connectivity index (χ0) is 19.5. The molecule has 0 amide bonds. The van der Waals surface area contributed by atoms with Gasteiger partial charge in [-0.3, -0.25) is 10.1 Å². The molecule has 1 aromatic heterocycles. The first-order chi connectivity index (χ1) is 12.2. The van der Waals surface area contributed by atoms with Gasteiger partial charge in [0.1, 0.15) is 5.76 Å². The summed E-state index contributed by atoms with van der Waals surface area (Å²) in [6.07, 6.45) is 0.432. The lowest BCUT2D eigenvalue weighted by Gasteiger charge is -2.43. The number of carbonyl (C=O) groups is 2. The third-order valence-electron chi connectivity index (χ3n) is 4.43. The maximum atomic E-state index is 12.3. The number of hydrogen-bond acceptors (Lipinski definition) is 9. The quantitative estimate of drug-likeness (QED) is 0.411. The van der Waals surface area contributed by atoms with Gasteiger partial charge in [0.05, 0.1) is 19.5 Å². The minimum absolute atomic E-state index is 0.144. The molecule has 1 aliphatic carbocycles. The summed E-state index contributed by atoms with van der Waals surface area (Å²) in [5.41, 5.74) is -5.48. The maximum absolute atomic E-state index is 12.3. The summed E-state index contributed by atoms with van der Waals surface area (Å²) in [5.74, 6) is -3.16. The molecule has 0 aliphatic heterocycles. The zero-order valence-corrected chi connectivity index (χ0v) is 14.4. The molecule has 144 valence electrons. The highest BCUT2D eigenvalue weighted by Gasteiger charge is 2.71. The van der Waals surface area contributed by atoms with Crippen molar-refractivity contribution in [2.75, 3.05) is 13.2 Å². The van der Waals surface area contributed by atoms with E-state index in [-0.39, 0.29) is 19.0 Å². The summed E-state index contributed by atoms with van der Waals surface area (Å²) in [6.45, 7) is 2.64. The average molecular weight is 371 g/mol. The summed E-state index contributed by atoms with van der Waals surface area (Å²) in [6, 6.07) is 0.718. The van der Waals surface area contributed by atoms with Crippen LogP contribution in [0.4, 0.5) is 0 Å². The second kappa shape index (κ2) is 7.42. The lowest BCUT2D eigenvalue weighted by molar-refractivity contribution is -0.566. The van der Waals surface area contributed by atoms with Gasteiger partial charge in [-0.1, -0.05) is 0 Å². The monoisotopic (exact) mass is 371 g/mol. The zero-order valence-electron chi connectivity index (χ0n) is 14.4. The normalized spacial score (nSPS) is 31.2. The molecule has 26 heavy (non-hydrogen) atoms. The van der Waals surface area contributed by atoms with Crippen molar-refractivity contribution < 1.29 is 38.6 Å². The molecule has 2 N–H and O–H groups in total. The van der Waals surface area contributed by atoms with E-state index >= 15 is 0 Å². The standard InChI is InChI=1S/C16H21NO9/c1-3-24-13(18)15(20)8-10(11-6-5-7-26-11)9-16(21,12(15)17(22)23)14(19)25-4-2/h5-7,10,12,20-21H,3-4,8-9H2,1-2H3/t10?,12?,15-,16+. The first-order valence-corrected chi connectivity index (χ1v) is 8.16. The van der Waals surface area contributed by atoms with Crippen LogP contribution >= 0.6 is 0 Å². The van der Waals surface area contributed by atoms with Crippen LogP contribution in [0, 0.1) is 10.1 Å². The molecule has 1 aromatic rings. The molecule has 1 fully saturated rings. The van der Waals surface area contributed by atoms with Crippen LogP contribution in [-0.4, -0.2) is 57.5 Å². The van der Waals surface area contributed by atoms with Gasteiger partial charge in [0.2, 0.25) is 11.2 Å². The fraction of sp³-hybridized carbons (Fsp3) is 0.625. The Morgan fingerprint density at radius 2 is 1.73 bits per heavy atom. The van der Waals surface area contributed by atoms with E-state index < -0.39 is 52.9 Å². The predicted octanol–water partition coefficient (Wildman–Crippen LogP) is 0.391. The van der Waals surface area contributed by atoms with Crippen molar-refractivity contribution in [3.63, 3.8) is 0 Å². The molecular weight excluding hydrogens is 350 g/mol. The Bertz CT molecular complexity index is 639. The van der Waals surface area contributed by atoms with Gasteiger partial charge in [-0.2, -0.15) is 0 Å². The minimum atomic E-state index is -2.74. The number of nitro groups is 1. The van der Waals surface area contributed by atoms with Crippen molar-refractivity contribution in [3.05, 3.63) is 34.3 Å². The first kappa shape index (κ1) is 19.9. The van der Waals surface area contributed by atoms with Crippen LogP contribution in [0.2, 0.25) is 0 Å². The highest BCUT2D eigenvalue weighted by atomic mass is 16.6. The number of hydrogen-bond donors (Lipinski definition) is 2. The van der Waals surface area contributed by atoms with Crippen LogP contribution in [0.1, 0.15) is 38.4 Å². The van der Waals surface area contributed by atoms with Crippen LogP contribution in [-0.2, 0) is 19.1 Å². The topological polar surface area (TPSA) is 149 Å². The van der Waals surface area contributed by atoms with Crippen molar-refractivity contribution in [3.8, 4) is 0 Å². The predicted molar refractivity (Wildman–Crippen MR) is 84.6 cm³/mol. The smallest absolute Gasteiger partial charge is 0.345 e. The number of rotatable bonds is 6. The van der Waals surface area contributed by atoms with E-state index in [1.807, 2.05) is 0 Å². The van der Waals surface area contributed by atoms with Gasteiger partial charge in [0.25, 0.3) is 6.04 Å². The fourth-order valence-corrected chi connectivity index (χ4v) is 3.42. The van der Waals surface area contributed by atoms with Crippen LogP contribution < -0.4 is 0 Å². The molecule has 10 nitrogen and oxygen atoms in total. The highest BCUT2D eigenvalue weighted by molar-refractivity contribution is 5.86. The van der Waals surface area contributed by atoms with Crippen molar-refractivity contribution >= 4 is 11.9 Å². The Morgan fingerprint density at radius 1 is 1.23 bits per heavy atom. The van der Waals surface area contributed by atoms with Gasteiger partial charge in [0, 0.05) is 23.7 Å². The molecule has 2 unspecified atom stereocenters. The molecule has 1 aliphatic rings. The second-order valence-electron chi connectivity index (χ2n) is 6.10. The molecule has 4 atom stereocenters. The van der Waals surface area contributed by atoms with E-state index in [0.717, 1.165) is 0 Å². The van der Waals surface area contributed by atoms with E-state index in [0.29, 0.717) is 0 Å². The molecule has 0 spiro atoms. The van der Waals surface area contributed by atoms with Crippen LogP contribution in [0.3, 0.4) is 0 Å². The summed E-state index contributed by atoms with van der Waals surface area (Å²) in [4.78, 5) is 35.3. The van der Waals surface area contributed by atoms with Crippen LogP contribution in [0.5, 0.6) is 0 Å². The average Bonchev–Trinajstić information content (AvgIpc) is 3.08. The number of aliphatic hydroxyl groups is 2. The first-order valence-electron chi connectivity index (χ1n) is 8.16.